The van der Waals surface area contributed by atoms with Crippen molar-refractivity contribution in [1.29, 1.82) is 0 Å². The lowest BCUT2D eigenvalue weighted by molar-refractivity contribution is -0.384. The van der Waals surface area contributed by atoms with Crippen LogP contribution in [0.4, 0.5) is 11.4 Å². The Hall–Kier alpha value is -3.91. The van der Waals surface area contributed by atoms with Crippen molar-refractivity contribution in [3.05, 3.63) is 105 Å². The summed E-state index contributed by atoms with van der Waals surface area (Å²) in [7, 11) is 1.72. The smallest absolute Gasteiger partial charge is 0.269 e. The number of aryl methyl sites for hydroxylation is 1. The molecule has 0 saturated carbocycles. The van der Waals surface area contributed by atoms with Gasteiger partial charge in [0.05, 0.1) is 15.5 Å². The molecule has 7 nitrogen and oxygen atoms in total. The van der Waals surface area contributed by atoms with Gasteiger partial charge in [0.25, 0.3) is 11.6 Å². The molecule has 172 valence electrons. The van der Waals surface area contributed by atoms with Gasteiger partial charge in [-0.3, -0.25) is 19.8 Å². The maximum Gasteiger partial charge on any atom is 0.269 e. The Labute approximate surface area is 201 Å². The number of thioether (sulfide) groups is 1. The summed E-state index contributed by atoms with van der Waals surface area (Å²) in [6.45, 7) is 2.33. The van der Waals surface area contributed by atoms with E-state index in [0.29, 0.717) is 15.8 Å². The van der Waals surface area contributed by atoms with E-state index in [9.17, 15) is 14.9 Å². The summed E-state index contributed by atoms with van der Waals surface area (Å²) in [5.41, 5.74) is 3.60. The Bertz CT molecular complexity index is 1290. The number of rotatable bonds is 7. The molecule has 34 heavy (non-hydrogen) atoms. The topological polar surface area (TPSA) is 85.0 Å². The van der Waals surface area contributed by atoms with Gasteiger partial charge in [-0.15, -0.1) is 0 Å². The summed E-state index contributed by atoms with van der Waals surface area (Å²) in [6.07, 6.45) is 2.67. The van der Waals surface area contributed by atoms with Crippen molar-refractivity contribution in [1.82, 2.24) is 4.90 Å². The number of amides is 1. The van der Waals surface area contributed by atoms with E-state index in [1.807, 2.05) is 54.6 Å². The highest BCUT2D eigenvalue weighted by Gasteiger charge is 2.30. The molecule has 3 aromatic rings. The minimum atomic E-state index is -0.433. The number of ether oxygens (including phenoxy) is 1. The Morgan fingerprint density at radius 3 is 2.50 bits per heavy atom. The van der Waals surface area contributed by atoms with E-state index in [0.717, 1.165) is 28.8 Å². The number of para-hydroxylation sites is 2. The molecule has 0 aliphatic carbocycles. The van der Waals surface area contributed by atoms with Crippen LogP contribution in [0.5, 0.6) is 5.75 Å². The fourth-order valence-corrected chi connectivity index (χ4v) is 4.39. The first-order valence-electron chi connectivity index (χ1n) is 10.8. The Morgan fingerprint density at radius 1 is 1.06 bits per heavy atom. The third kappa shape index (κ3) is 5.18. The zero-order valence-electron chi connectivity index (χ0n) is 18.8. The largest absolute Gasteiger partial charge is 0.488 e. The molecule has 0 N–H and O–H groups in total. The molecular formula is C26H23N3O4S. The van der Waals surface area contributed by atoms with Crippen LogP contribution in [-0.2, 0) is 17.8 Å². The molecule has 0 radical (unpaired) electrons. The molecule has 0 atom stereocenters. The van der Waals surface area contributed by atoms with Crippen LogP contribution in [-0.4, -0.2) is 27.9 Å². The van der Waals surface area contributed by atoms with E-state index in [1.165, 1.54) is 23.9 Å². The second kappa shape index (κ2) is 10.4. The van der Waals surface area contributed by atoms with Crippen molar-refractivity contribution in [3.8, 4) is 5.75 Å². The molecule has 1 saturated heterocycles. The Morgan fingerprint density at radius 2 is 1.76 bits per heavy atom. The first kappa shape index (κ1) is 23.3. The molecule has 1 fully saturated rings. The fourth-order valence-electron chi connectivity index (χ4n) is 3.42. The van der Waals surface area contributed by atoms with Gasteiger partial charge in [0.15, 0.2) is 5.17 Å². The standard InChI is InChI=1S/C26H23N3O4S/c1-3-19-8-4-6-10-22(19)27-26-28(2)25(30)24(34-26)16-20-9-5-7-11-23(20)33-17-18-12-14-21(15-13-18)29(31)32/h4-16H,3,17H2,1-2H3/b24-16+,27-26?. The van der Waals surface area contributed by atoms with Gasteiger partial charge in [-0.1, -0.05) is 43.3 Å². The molecule has 0 aromatic heterocycles. The van der Waals surface area contributed by atoms with E-state index in [2.05, 4.69) is 6.92 Å². The number of benzene rings is 3. The third-order valence-corrected chi connectivity index (χ3v) is 6.40. The van der Waals surface area contributed by atoms with Gasteiger partial charge >= 0.3 is 0 Å². The minimum Gasteiger partial charge on any atom is -0.488 e. The van der Waals surface area contributed by atoms with E-state index >= 15 is 0 Å². The van der Waals surface area contributed by atoms with E-state index in [-0.39, 0.29) is 18.2 Å². The maximum atomic E-state index is 12.9. The van der Waals surface area contributed by atoms with Gasteiger partial charge in [0.2, 0.25) is 0 Å². The van der Waals surface area contributed by atoms with E-state index in [1.54, 1.807) is 24.1 Å². The number of aliphatic imine (C=N–C) groups is 1. The van der Waals surface area contributed by atoms with Crippen molar-refractivity contribution in [2.45, 2.75) is 20.0 Å². The van der Waals surface area contributed by atoms with Crippen LogP contribution < -0.4 is 4.74 Å². The lowest BCUT2D eigenvalue weighted by atomic mass is 10.1. The number of likely N-dealkylation sites (N-methyl/N-ethyl adjacent to an activating group) is 1. The summed E-state index contributed by atoms with van der Waals surface area (Å²) < 4.78 is 5.97. The lowest BCUT2D eigenvalue weighted by Crippen LogP contribution is -2.23. The van der Waals surface area contributed by atoms with Gasteiger partial charge in [-0.05, 0) is 59.7 Å². The number of non-ortho nitro benzene ring substituents is 1. The van der Waals surface area contributed by atoms with Crippen molar-refractivity contribution in [2.75, 3.05) is 7.05 Å². The first-order chi connectivity index (χ1) is 16.5. The average Bonchev–Trinajstić information content (AvgIpc) is 3.11. The number of hydrogen-bond acceptors (Lipinski definition) is 6. The van der Waals surface area contributed by atoms with Crippen LogP contribution in [0.25, 0.3) is 6.08 Å². The molecule has 1 aliphatic heterocycles. The van der Waals surface area contributed by atoms with Crippen molar-refractivity contribution >= 4 is 40.3 Å². The van der Waals surface area contributed by atoms with Gasteiger partial charge in [-0.25, -0.2) is 4.99 Å². The number of nitro groups is 1. The Kier molecular flexibility index (Phi) is 7.08. The predicted octanol–water partition coefficient (Wildman–Crippen LogP) is 5.97. The molecule has 1 amide bonds. The highest BCUT2D eigenvalue weighted by Crippen LogP contribution is 2.35. The molecule has 3 aromatic carbocycles. The minimum absolute atomic E-state index is 0.0359. The lowest BCUT2D eigenvalue weighted by Gasteiger charge is -2.10. The van der Waals surface area contributed by atoms with Crippen LogP contribution in [0.15, 0.2) is 82.7 Å². The molecule has 1 aliphatic rings. The number of nitro benzene ring substituents is 1. The molecule has 0 bridgehead atoms. The quantitative estimate of drug-likeness (QED) is 0.240. The molecule has 8 heteroatoms. The summed E-state index contributed by atoms with van der Waals surface area (Å²) in [5, 5.41) is 11.5. The molecule has 1 heterocycles. The first-order valence-corrected chi connectivity index (χ1v) is 11.6. The maximum absolute atomic E-state index is 12.9. The van der Waals surface area contributed by atoms with Gasteiger partial charge < -0.3 is 4.74 Å². The van der Waals surface area contributed by atoms with Crippen LogP contribution in [0.3, 0.4) is 0 Å². The average molecular weight is 474 g/mol. The summed E-state index contributed by atoms with van der Waals surface area (Å²) in [6, 6.07) is 21.6. The fraction of sp³-hybridized carbons (Fsp3) is 0.154. The van der Waals surface area contributed by atoms with Crippen molar-refractivity contribution in [2.24, 2.45) is 4.99 Å². The summed E-state index contributed by atoms with van der Waals surface area (Å²) in [5.74, 6) is 0.494. The van der Waals surface area contributed by atoms with Crippen LogP contribution >= 0.6 is 11.8 Å². The van der Waals surface area contributed by atoms with Crippen LogP contribution in [0, 0.1) is 10.1 Å². The number of amidine groups is 1. The van der Waals surface area contributed by atoms with Crippen LogP contribution in [0.1, 0.15) is 23.6 Å². The number of nitrogens with zero attached hydrogens (tertiary/aromatic N) is 3. The normalized spacial score (nSPS) is 15.8. The highest BCUT2D eigenvalue weighted by atomic mass is 32.2. The number of carbonyl (C=O) groups excluding carboxylic acids is 1. The second-order valence-corrected chi connectivity index (χ2v) is 8.61. The van der Waals surface area contributed by atoms with Crippen molar-refractivity contribution < 1.29 is 14.5 Å². The van der Waals surface area contributed by atoms with Crippen LogP contribution in [0.2, 0.25) is 0 Å². The van der Waals surface area contributed by atoms with Gasteiger partial charge in [-0.2, -0.15) is 0 Å². The second-order valence-electron chi connectivity index (χ2n) is 7.60. The molecule has 0 spiro atoms. The SMILES string of the molecule is CCc1ccccc1N=C1S/C(=C/c2ccccc2OCc2ccc([N+](=O)[O-])cc2)C(=O)N1C. The predicted molar refractivity (Wildman–Crippen MR) is 135 cm³/mol. The van der Waals surface area contributed by atoms with E-state index in [4.69, 9.17) is 9.73 Å². The van der Waals surface area contributed by atoms with Gasteiger partial charge in [0, 0.05) is 24.7 Å². The molecular weight excluding hydrogens is 450 g/mol. The van der Waals surface area contributed by atoms with Gasteiger partial charge in [0.1, 0.15) is 12.4 Å². The molecule has 0 unspecified atom stereocenters. The number of hydrogen-bond donors (Lipinski definition) is 0. The number of carbonyl (C=O) groups is 1. The van der Waals surface area contributed by atoms with Crippen molar-refractivity contribution in [3.63, 3.8) is 0 Å². The zero-order valence-corrected chi connectivity index (χ0v) is 19.6. The summed E-state index contributed by atoms with van der Waals surface area (Å²) in [4.78, 5) is 30.2. The third-order valence-electron chi connectivity index (χ3n) is 5.34. The summed E-state index contributed by atoms with van der Waals surface area (Å²) >= 11 is 1.33. The molecule has 4 rings (SSSR count). The zero-order chi connectivity index (χ0) is 24.1. The Balaban J connectivity index is 1.54. The monoisotopic (exact) mass is 473 g/mol. The highest BCUT2D eigenvalue weighted by molar-refractivity contribution is 8.18. The van der Waals surface area contributed by atoms with E-state index < -0.39 is 4.92 Å².